The van der Waals surface area contributed by atoms with Crippen molar-refractivity contribution in [3.63, 3.8) is 0 Å². The number of imide groups is 1. The molecule has 0 saturated carbocycles. The number of carbonyl (C=O) groups is 3. The third-order valence-electron chi connectivity index (χ3n) is 3.32. The summed E-state index contributed by atoms with van der Waals surface area (Å²) in [6.07, 6.45) is 4.29. The zero-order valence-electron chi connectivity index (χ0n) is 10.7. The zero-order chi connectivity index (χ0) is 13.1. The van der Waals surface area contributed by atoms with Gasteiger partial charge in [0, 0.05) is 30.5 Å². The van der Waals surface area contributed by atoms with E-state index in [4.69, 9.17) is 0 Å². The van der Waals surface area contributed by atoms with E-state index in [0.29, 0.717) is 19.4 Å². The van der Waals surface area contributed by atoms with E-state index in [2.05, 4.69) is 0 Å². The molecule has 0 atom stereocenters. The Morgan fingerprint density at radius 2 is 1.76 bits per heavy atom. The molecular weight excluding hydrogens is 218 g/mol. The lowest BCUT2D eigenvalue weighted by atomic mass is 9.83. The number of hydrogen-bond acceptors (Lipinski definition) is 3. The van der Waals surface area contributed by atoms with Crippen molar-refractivity contribution in [2.24, 2.45) is 5.41 Å². The molecule has 0 bridgehead atoms. The summed E-state index contributed by atoms with van der Waals surface area (Å²) < 4.78 is 0. The highest BCUT2D eigenvalue weighted by atomic mass is 16.2. The molecule has 0 aromatic carbocycles. The molecule has 2 amide bonds. The average Bonchev–Trinajstić information content (AvgIpc) is 2.60. The molecule has 17 heavy (non-hydrogen) atoms. The second-order valence-corrected chi connectivity index (χ2v) is 4.93. The first-order valence-corrected chi connectivity index (χ1v) is 5.95. The van der Waals surface area contributed by atoms with Gasteiger partial charge in [-0.3, -0.25) is 19.3 Å². The molecule has 0 saturated heterocycles. The largest absolute Gasteiger partial charge is 0.299 e. The standard InChI is InChI=1S/C13H19NO3/c1-4-13(2,3)10(15)6-5-9-14-11(16)7-8-12(14)17/h7-8H,4-6,9H2,1-3H3. The number of Topliss-reactive ketones (excluding diaryl/α,β-unsaturated/α-hetero) is 1. The van der Waals surface area contributed by atoms with Gasteiger partial charge in [0.1, 0.15) is 5.78 Å². The van der Waals surface area contributed by atoms with Crippen molar-refractivity contribution in [3.05, 3.63) is 12.2 Å². The molecule has 0 N–H and O–H groups in total. The number of hydrogen-bond donors (Lipinski definition) is 0. The topological polar surface area (TPSA) is 54.5 Å². The Morgan fingerprint density at radius 3 is 2.24 bits per heavy atom. The summed E-state index contributed by atoms with van der Waals surface area (Å²) in [5.74, 6) is -0.374. The first kappa shape index (κ1) is 13.6. The van der Waals surface area contributed by atoms with Gasteiger partial charge in [-0.15, -0.1) is 0 Å². The molecule has 0 spiro atoms. The molecule has 1 heterocycles. The smallest absolute Gasteiger partial charge is 0.253 e. The van der Waals surface area contributed by atoms with Crippen LogP contribution in [0.4, 0.5) is 0 Å². The first-order chi connectivity index (χ1) is 7.88. The summed E-state index contributed by atoms with van der Waals surface area (Å²) in [5, 5.41) is 0. The van der Waals surface area contributed by atoms with Crippen LogP contribution in [0.25, 0.3) is 0 Å². The van der Waals surface area contributed by atoms with E-state index in [-0.39, 0.29) is 23.0 Å². The maximum absolute atomic E-state index is 11.8. The third-order valence-corrected chi connectivity index (χ3v) is 3.32. The minimum absolute atomic E-state index is 0.187. The Bertz CT molecular complexity index is 351. The molecule has 0 aliphatic carbocycles. The molecular formula is C13H19NO3. The lowest BCUT2D eigenvalue weighted by Crippen LogP contribution is -2.32. The van der Waals surface area contributed by atoms with E-state index in [1.165, 1.54) is 17.1 Å². The number of ketones is 1. The Hall–Kier alpha value is -1.45. The average molecular weight is 237 g/mol. The Labute approximate surface area is 102 Å². The highest BCUT2D eigenvalue weighted by Crippen LogP contribution is 2.23. The maximum atomic E-state index is 11.8. The molecule has 1 rings (SSSR count). The van der Waals surface area contributed by atoms with Gasteiger partial charge in [-0.05, 0) is 12.8 Å². The highest BCUT2D eigenvalue weighted by molar-refractivity contribution is 6.12. The van der Waals surface area contributed by atoms with Crippen LogP contribution in [0.1, 0.15) is 40.0 Å². The van der Waals surface area contributed by atoms with Crippen LogP contribution in [0.5, 0.6) is 0 Å². The van der Waals surface area contributed by atoms with Crippen LogP contribution in [0.3, 0.4) is 0 Å². The van der Waals surface area contributed by atoms with Crippen LogP contribution in [0.15, 0.2) is 12.2 Å². The molecule has 0 fully saturated rings. The summed E-state index contributed by atoms with van der Waals surface area (Å²) in [6.45, 7) is 6.15. The molecule has 0 aromatic rings. The lowest BCUT2D eigenvalue weighted by molar-refractivity contribution is -0.137. The van der Waals surface area contributed by atoms with Crippen LogP contribution < -0.4 is 0 Å². The van der Waals surface area contributed by atoms with Crippen molar-refractivity contribution in [3.8, 4) is 0 Å². The molecule has 4 nitrogen and oxygen atoms in total. The monoisotopic (exact) mass is 237 g/mol. The van der Waals surface area contributed by atoms with E-state index in [1.54, 1.807) is 0 Å². The Balaban J connectivity index is 2.36. The quantitative estimate of drug-likeness (QED) is 0.661. The number of carbonyl (C=O) groups excluding carboxylic acids is 3. The molecule has 1 aliphatic rings. The van der Waals surface area contributed by atoms with Crippen molar-refractivity contribution in [1.29, 1.82) is 0 Å². The summed E-state index contributed by atoms with van der Waals surface area (Å²) in [6, 6.07) is 0. The number of nitrogens with zero attached hydrogens (tertiary/aromatic N) is 1. The number of amides is 2. The van der Waals surface area contributed by atoms with E-state index < -0.39 is 0 Å². The van der Waals surface area contributed by atoms with Crippen LogP contribution in [0.2, 0.25) is 0 Å². The minimum Gasteiger partial charge on any atom is -0.299 e. The van der Waals surface area contributed by atoms with Gasteiger partial charge in [0.2, 0.25) is 0 Å². The van der Waals surface area contributed by atoms with Gasteiger partial charge in [0.25, 0.3) is 11.8 Å². The van der Waals surface area contributed by atoms with Gasteiger partial charge in [0.05, 0.1) is 0 Å². The maximum Gasteiger partial charge on any atom is 0.253 e. The minimum atomic E-state index is -0.308. The molecule has 1 aliphatic heterocycles. The van der Waals surface area contributed by atoms with Gasteiger partial charge >= 0.3 is 0 Å². The second kappa shape index (κ2) is 5.25. The number of rotatable bonds is 6. The van der Waals surface area contributed by atoms with Gasteiger partial charge in [-0.1, -0.05) is 20.8 Å². The molecule has 0 unspecified atom stereocenters. The zero-order valence-corrected chi connectivity index (χ0v) is 10.7. The first-order valence-electron chi connectivity index (χ1n) is 5.95. The van der Waals surface area contributed by atoms with Crippen LogP contribution >= 0.6 is 0 Å². The van der Waals surface area contributed by atoms with E-state index in [1.807, 2.05) is 20.8 Å². The fraction of sp³-hybridized carbons (Fsp3) is 0.615. The van der Waals surface area contributed by atoms with Crippen molar-refractivity contribution in [2.75, 3.05) is 6.54 Å². The van der Waals surface area contributed by atoms with Crippen LogP contribution in [-0.2, 0) is 14.4 Å². The predicted molar refractivity (Wildman–Crippen MR) is 64.2 cm³/mol. The summed E-state index contributed by atoms with van der Waals surface area (Å²) >= 11 is 0. The van der Waals surface area contributed by atoms with E-state index in [9.17, 15) is 14.4 Å². The lowest BCUT2D eigenvalue weighted by Gasteiger charge is -2.21. The van der Waals surface area contributed by atoms with Gasteiger partial charge < -0.3 is 0 Å². The normalized spacial score (nSPS) is 15.8. The molecule has 4 heteroatoms. The summed E-state index contributed by atoms with van der Waals surface area (Å²) in [5.41, 5.74) is -0.308. The molecule has 94 valence electrons. The van der Waals surface area contributed by atoms with Crippen molar-refractivity contribution in [2.45, 2.75) is 40.0 Å². The van der Waals surface area contributed by atoms with Crippen LogP contribution in [-0.4, -0.2) is 29.0 Å². The predicted octanol–water partition coefficient (Wildman–Crippen LogP) is 1.70. The highest BCUT2D eigenvalue weighted by Gasteiger charge is 2.26. The molecule has 0 radical (unpaired) electrons. The SMILES string of the molecule is CCC(C)(C)C(=O)CCCN1C(=O)C=CC1=O. The van der Waals surface area contributed by atoms with Gasteiger partial charge in [-0.25, -0.2) is 0 Å². The summed E-state index contributed by atoms with van der Waals surface area (Å²) in [7, 11) is 0. The third kappa shape index (κ3) is 3.25. The summed E-state index contributed by atoms with van der Waals surface area (Å²) in [4.78, 5) is 35.5. The second-order valence-electron chi connectivity index (χ2n) is 4.93. The van der Waals surface area contributed by atoms with Crippen LogP contribution in [0, 0.1) is 5.41 Å². The fourth-order valence-electron chi connectivity index (χ4n) is 1.58. The Kier molecular flexibility index (Phi) is 4.21. The van der Waals surface area contributed by atoms with Crippen molar-refractivity contribution in [1.82, 2.24) is 4.90 Å². The molecule has 0 aromatic heterocycles. The van der Waals surface area contributed by atoms with E-state index in [0.717, 1.165) is 6.42 Å². The Morgan fingerprint density at radius 1 is 1.24 bits per heavy atom. The van der Waals surface area contributed by atoms with Crippen molar-refractivity contribution >= 4 is 17.6 Å². The fourth-order valence-corrected chi connectivity index (χ4v) is 1.58. The van der Waals surface area contributed by atoms with Crippen molar-refractivity contribution < 1.29 is 14.4 Å². The van der Waals surface area contributed by atoms with Gasteiger partial charge in [-0.2, -0.15) is 0 Å². The van der Waals surface area contributed by atoms with Gasteiger partial charge in [0.15, 0.2) is 0 Å². The van der Waals surface area contributed by atoms with E-state index >= 15 is 0 Å².